The maximum atomic E-state index is 11.5. The number of hydrogen-bond acceptors (Lipinski definition) is 6. The van der Waals surface area contributed by atoms with Gasteiger partial charge in [0.15, 0.2) is 0 Å². The van der Waals surface area contributed by atoms with E-state index in [-0.39, 0.29) is 17.9 Å². The summed E-state index contributed by atoms with van der Waals surface area (Å²) in [5, 5.41) is 2.89. The molecule has 1 saturated heterocycles. The largest absolute Gasteiger partial charge is 0.489 e. The van der Waals surface area contributed by atoms with E-state index in [1.807, 2.05) is 17.9 Å². The van der Waals surface area contributed by atoms with Gasteiger partial charge in [0, 0.05) is 24.4 Å². The summed E-state index contributed by atoms with van der Waals surface area (Å²) in [7, 11) is 0. The van der Waals surface area contributed by atoms with Crippen LogP contribution in [0, 0.1) is 5.92 Å². The van der Waals surface area contributed by atoms with E-state index in [1.165, 1.54) is 0 Å². The maximum absolute atomic E-state index is 11.5. The number of carbonyl (C=O) groups is 1. The molecular weight excluding hydrogens is 378 g/mol. The van der Waals surface area contributed by atoms with Crippen molar-refractivity contribution in [3.8, 4) is 16.9 Å². The van der Waals surface area contributed by atoms with Gasteiger partial charge in [0.05, 0.1) is 31.5 Å². The first-order chi connectivity index (χ1) is 13.2. The van der Waals surface area contributed by atoms with Gasteiger partial charge in [-0.05, 0) is 30.7 Å². The van der Waals surface area contributed by atoms with E-state index in [0.29, 0.717) is 13.0 Å². The average molecular weight is 396 g/mol. The van der Waals surface area contributed by atoms with Gasteiger partial charge in [0.25, 0.3) is 0 Å². The number of thiazole rings is 2. The molecule has 2 aromatic carbocycles. The van der Waals surface area contributed by atoms with Crippen LogP contribution in [0.3, 0.4) is 0 Å². The Morgan fingerprint density at radius 3 is 2.96 bits per heavy atom. The molecule has 0 saturated carbocycles. The predicted molar refractivity (Wildman–Crippen MR) is 109 cm³/mol. The lowest BCUT2D eigenvalue weighted by atomic mass is 10.0. The first-order valence-corrected chi connectivity index (χ1v) is 10.6. The molecule has 2 unspecified atom stereocenters. The monoisotopic (exact) mass is 395 g/mol. The molecule has 0 aliphatic carbocycles. The van der Waals surface area contributed by atoms with E-state index in [0.717, 1.165) is 37.3 Å². The first kappa shape index (κ1) is 16.6. The van der Waals surface area contributed by atoms with Crippen molar-refractivity contribution in [3.63, 3.8) is 0 Å². The third-order valence-corrected chi connectivity index (χ3v) is 6.71. The molecule has 136 valence electrons. The van der Waals surface area contributed by atoms with E-state index >= 15 is 0 Å². The Kier molecular flexibility index (Phi) is 4.06. The smallest absolute Gasteiger partial charge is 0.220 e. The fraction of sp³-hybridized carbons (Fsp3) is 0.250. The summed E-state index contributed by atoms with van der Waals surface area (Å²) in [6.07, 6.45) is 0.463. The molecule has 1 aliphatic heterocycles. The lowest BCUT2D eigenvalue weighted by Gasteiger charge is -2.20. The van der Waals surface area contributed by atoms with E-state index in [9.17, 15) is 4.79 Å². The van der Waals surface area contributed by atoms with Crippen molar-refractivity contribution < 1.29 is 9.53 Å². The van der Waals surface area contributed by atoms with E-state index < -0.39 is 0 Å². The second kappa shape index (κ2) is 6.58. The van der Waals surface area contributed by atoms with Crippen molar-refractivity contribution in [3.05, 3.63) is 41.4 Å². The highest BCUT2D eigenvalue weighted by Gasteiger charge is 2.28. The summed E-state index contributed by atoms with van der Waals surface area (Å²) in [5.74, 6) is 1.11. The van der Waals surface area contributed by atoms with Crippen LogP contribution in [0.25, 0.3) is 31.6 Å². The van der Waals surface area contributed by atoms with Gasteiger partial charge >= 0.3 is 0 Å². The molecule has 2 atom stereocenters. The number of carbonyl (C=O) groups excluding carboxylic acids is 1. The number of amides is 1. The molecule has 0 spiro atoms. The highest BCUT2D eigenvalue weighted by Crippen LogP contribution is 2.38. The summed E-state index contributed by atoms with van der Waals surface area (Å²) >= 11 is 3.21. The fourth-order valence-corrected chi connectivity index (χ4v) is 4.99. The zero-order chi connectivity index (χ0) is 18.4. The van der Waals surface area contributed by atoms with Crippen molar-refractivity contribution in [2.45, 2.75) is 19.4 Å². The summed E-state index contributed by atoms with van der Waals surface area (Å²) < 4.78 is 8.53. The topological polar surface area (TPSA) is 64.1 Å². The van der Waals surface area contributed by atoms with Crippen LogP contribution >= 0.6 is 22.7 Å². The number of aromatic nitrogens is 2. The van der Waals surface area contributed by atoms with Crippen LogP contribution < -0.4 is 10.1 Å². The van der Waals surface area contributed by atoms with Crippen molar-refractivity contribution in [1.29, 1.82) is 0 Å². The zero-order valence-corrected chi connectivity index (χ0v) is 16.3. The molecule has 1 aliphatic rings. The molecule has 2 aromatic heterocycles. The first-order valence-electron chi connectivity index (χ1n) is 8.82. The SMILES string of the molecule is CC(Oc1cc(-c2cccc3scnc23)cc2ncsc12)C1CNC(=O)C1. The summed E-state index contributed by atoms with van der Waals surface area (Å²) in [4.78, 5) is 20.6. The van der Waals surface area contributed by atoms with Gasteiger partial charge in [-0.15, -0.1) is 22.7 Å². The van der Waals surface area contributed by atoms with Gasteiger partial charge in [0.1, 0.15) is 11.9 Å². The van der Waals surface area contributed by atoms with Crippen LogP contribution in [0.15, 0.2) is 41.4 Å². The molecule has 7 heteroatoms. The number of nitrogens with one attached hydrogen (secondary N) is 1. The number of para-hydroxylation sites is 1. The van der Waals surface area contributed by atoms with Crippen LogP contribution in [0.5, 0.6) is 5.75 Å². The van der Waals surface area contributed by atoms with Crippen LogP contribution in [-0.4, -0.2) is 28.5 Å². The van der Waals surface area contributed by atoms with Crippen molar-refractivity contribution >= 4 is 49.0 Å². The Balaban J connectivity index is 1.57. The van der Waals surface area contributed by atoms with Gasteiger partial charge in [0.2, 0.25) is 5.91 Å². The van der Waals surface area contributed by atoms with Crippen molar-refractivity contribution in [2.24, 2.45) is 5.92 Å². The predicted octanol–water partition coefficient (Wildman–Crippen LogP) is 4.48. The highest BCUT2D eigenvalue weighted by atomic mass is 32.1. The highest BCUT2D eigenvalue weighted by molar-refractivity contribution is 7.17. The van der Waals surface area contributed by atoms with Gasteiger partial charge < -0.3 is 10.1 Å². The quantitative estimate of drug-likeness (QED) is 0.553. The third-order valence-electron chi connectivity index (χ3n) is 5.05. The van der Waals surface area contributed by atoms with Gasteiger partial charge in [-0.3, -0.25) is 4.79 Å². The van der Waals surface area contributed by atoms with E-state index in [2.05, 4.69) is 45.6 Å². The second-order valence-corrected chi connectivity index (χ2v) is 8.51. The number of hydrogen-bond donors (Lipinski definition) is 1. The number of rotatable bonds is 4. The molecule has 3 heterocycles. The average Bonchev–Trinajstić information content (AvgIpc) is 3.41. The molecule has 5 rings (SSSR count). The molecule has 5 nitrogen and oxygen atoms in total. The number of fused-ring (bicyclic) bond motifs is 2. The Hall–Kier alpha value is -2.51. The molecule has 27 heavy (non-hydrogen) atoms. The maximum Gasteiger partial charge on any atom is 0.220 e. The molecule has 1 fully saturated rings. The summed E-state index contributed by atoms with van der Waals surface area (Å²) in [6.45, 7) is 2.70. The zero-order valence-electron chi connectivity index (χ0n) is 14.6. The second-order valence-electron chi connectivity index (χ2n) is 6.77. The molecule has 0 bridgehead atoms. The van der Waals surface area contributed by atoms with Crippen LogP contribution in [-0.2, 0) is 4.79 Å². The van der Waals surface area contributed by atoms with Crippen molar-refractivity contribution in [1.82, 2.24) is 15.3 Å². The van der Waals surface area contributed by atoms with Crippen LogP contribution in [0.1, 0.15) is 13.3 Å². The summed E-state index contributed by atoms with van der Waals surface area (Å²) in [5.41, 5.74) is 7.77. The van der Waals surface area contributed by atoms with E-state index in [4.69, 9.17) is 4.74 Å². The van der Waals surface area contributed by atoms with Crippen LogP contribution in [0.2, 0.25) is 0 Å². The molecule has 1 N–H and O–H groups in total. The summed E-state index contributed by atoms with van der Waals surface area (Å²) in [6, 6.07) is 10.4. The third kappa shape index (κ3) is 2.96. The van der Waals surface area contributed by atoms with Crippen LogP contribution in [0.4, 0.5) is 0 Å². The van der Waals surface area contributed by atoms with Gasteiger partial charge in [-0.2, -0.15) is 0 Å². The van der Waals surface area contributed by atoms with Gasteiger partial charge in [-0.1, -0.05) is 12.1 Å². The minimum atomic E-state index is -0.0560. The Morgan fingerprint density at radius 1 is 1.22 bits per heavy atom. The molecular formula is C20H17N3O2S2. The molecule has 0 radical (unpaired) electrons. The van der Waals surface area contributed by atoms with Gasteiger partial charge in [-0.25, -0.2) is 9.97 Å². The minimum absolute atomic E-state index is 0.0560. The normalized spacial score (nSPS) is 18.1. The lowest BCUT2D eigenvalue weighted by Crippen LogP contribution is -2.25. The lowest BCUT2D eigenvalue weighted by molar-refractivity contribution is -0.119. The Morgan fingerprint density at radius 2 is 2.11 bits per heavy atom. The number of nitrogens with zero attached hydrogens (tertiary/aromatic N) is 2. The van der Waals surface area contributed by atoms with E-state index in [1.54, 1.807) is 22.7 Å². The Labute approximate surface area is 164 Å². The number of ether oxygens (including phenoxy) is 1. The standard InChI is InChI=1S/C20H17N3O2S2/c1-11(13-7-18(24)21-8-13)25-16-6-12(5-15-20(16)27-9-22-15)14-3-2-4-17-19(14)23-10-26-17/h2-6,9-11,13H,7-8H2,1H3,(H,21,24). The Bertz CT molecular complexity index is 1150. The number of benzene rings is 2. The fourth-order valence-electron chi connectivity index (χ4n) is 3.56. The molecule has 4 aromatic rings. The molecule has 1 amide bonds. The van der Waals surface area contributed by atoms with Crippen molar-refractivity contribution in [2.75, 3.05) is 6.54 Å². The minimum Gasteiger partial charge on any atom is -0.489 e.